The Balaban J connectivity index is 1.66. The lowest BCUT2D eigenvalue weighted by molar-refractivity contribution is -0.117. The van der Waals surface area contributed by atoms with E-state index in [1.165, 1.54) is 17.0 Å². The predicted molar refractivity (Wildman–Crippen MR) is 105 cm³/mol. The molecule has 0 saturated carbocycles. The van der Waals surface area contributed by atoms with Crippen LogP contribution in [0.4, 0.5) is 11.4 Å². The number of fused-ring (bicyclic) bond motifs is 1. The Labute approximate surface area is 159 Å². The van der Waals surface area contributed by atoms with Gasteiger partial charge in [-0.3, -0.25) is 9.59 Å². The first-order valence-corrected chi connectivity index (χ1v) is 10.5. The number of carbonyl (C=O) groups is 2. The molecule has 6 nitrogen and oxygen atoms in total. The van der Waals surface area contributed by atoms with Gasteiger partial charge < -0.3 is 10.2 Å². The molecule has 0 bridgehead atoms. The average Bonchev–Trinajstić information content (AvgIpc) is 2.94. The Kier molecular flexibility index (Phi) is 5.32. The summed E-state index contributed by atoms with van der Waals surface area (Å²) in [4.78, 5) is 25.5. The van der Waals surface area contributed by atoms with Crippen LogP contribution < -0.4 is 10.2 Å². The summed E-state index contributed by atoms with van der Waals surface area (Å²) >= 11 is 0. The molecule has 2 aromatic carbocycles. The van der Waals surface area contributed by atoms with E-state index < -0.39 is 9.84 Å². The van der Waals surface area contributed by atoms with E-state index in [1.807, 2.05) is 25.1 Å². The van der Waals surface area contributed by atoms with Crippen LogP contribution in [0.3, 0.4) is 0 Å². The molecule has 0 aromatic heterocycles. The first kappa shape index (κ1) is 19.1. The van der Waals surface area contributed by atoms with Gasteiger partial charge in [0.1, 0.15) is 0 Å². The minimum atomic E-state index is -3.61. The molecule has 0 fully saturated rings. The highest BCUT2D eigenvalue weighted by Crippen LogP contribution is 2.30. The van der Waals surface area contributed by atoms with E-state index in [9.17, 15) is 18.0 Å². The van der Waals surface area contributed by atoms with E-state index >= 15 is 0 Å². The quantitative estimate of drug-likeness (QED) is 0.827. The highest BCUT2D eigenvalue weighted by molar-refractivity contribution is 7.91. The van der Waals surface area contributed by atoms with E-state index in [0.717, 1.165) is 17.7 Å². The van der Waals surface area contributed by atoms with Crippen molar-refractivity contribution in [2.24, 2.45) is 0 Å². The Bertz CT molecular complexity index is 999. The third-order valence-electron chi connectivity index (χ3n) is 4.70. The van der Waals surface area contributed by atoms with Gasteiger partial charge in [-0.25, -0.2) is 8.42 Å². The highest BCUT2D eigenvalue weighted by atomic mass is 32.2. The van der Waals surface area contributed by atoms with Gasteiger partial charge in [0, 0.05) is 24.8 Å². The highest BCUT2D eigenvalue weighted by Gasteiger charge is 2.26. The summed E-state index contributed by atoms with van der Waals surface area (Å²) in [6.45, 7) is 2.02. The standard InChI is InChI=1S/C20H22N2O4S/c1-3-14-5-4-6-16(11-14)21-19(23)9-10-27(25,26)17-7-8-18-15(12-17)13-20(24)22(18)2/h4-8,11-12H,3,9-10,13H2,1-2H3,(H,21,23). The summed E-state index contributed by atoms with van der Waals surface area (Å²) in [6, 6.07) is 12.1. The molecule has 0 atom stereocenters. The van der Waals surface area contributed by atoms with Gasteiger partial charge in [-0.05, 0) is 47.9 Å². The van der Waals surface area contributed by atoms with Gasteiger partial charge in [-0.1, -0.05) is 19.1 Å². The van der Waals surface area contributed by atoms with Crippen LogP contribution >= 0.6 is 0 Å². The molecule has 27 heavy (non-hydrogen) atoms. The number of hydrogen-bond donors (Lipinski definition) is 1. The molecule has 1 heterocycles. The molecule has 142 valence electrons. The average molecular weight is 386 g/mol. The Morgan fingerprint density at radius 1 is 1.19 bits per heavy atom. The normalized spacial score (nSPS) is 13.6. The van der Waals surface area contributed by atoms with Crippen molar-refractivity contribution in [2.75, 3.05) is 23.0 Å². The topological polar surface area (TPSA) is 83.5 Å². The van der Waals surface area contributed by atoms with Crippen molar-refractivity contribution in [3.63, 3.8) is 0 Å². The van der Waals surface area contributed by atoms with Crippen LogP contribution in [0.15, 0.2) is 47.4 Å². The summed E-state index contributed by atoms with van der Waals surface area (Å²) in [5.74, 6) is -0.689. The lowest BCUT2D eigenvalue weighted by atomic mass is 10.1. The summed E-state index contributed by atoms with van der Waals surface area (Å²) < 4.78 is 25.1. The van der Waals surface area contributed by atoms with Crippen molar-refractivity contribution in [3.8, 4) is 0 Å². The molecule has 2 amide bonds. The smallest absolute Gasteiger partial charge is 0.231 e. The van der Waals surface area contributed by atoms with Gasteiger partial charge >= 0.3 is 0 Å². The van der Waals surface area contributed by atoms with E-state index in [0.29, 0.717) is 11.3 Å². The van der Waals surface area contributed by atoms with E-state index in [2.05, 4.69) is 5.32 Å². The predicted octanol–water partition coefficient (Wildman–Crippen LogP) is 2.57. The van der Waals surface area contributed by atoms with Crippen LogP contribution in [0.2, 0.25) is 0 Å². The number of anilines is 2. The molecule has 0 unspecified atom stereocenters. The maximum absolute atomic E-state index is 12.6. The molecule has 0 spiro atoms. The number of likely N-dealkylation sites (N-methyl/N-ethyl adjacent to an activating group) is 1. The largest absolute Gasteiger partial charge is 0.326 e. The van der Waals surface area contributed by atoms with E-state index in [-0.39, 0.29) is 35.3 Å². The third kappa shape index (κ3) is 4.19. The van der Waals surface area contributed by atoms with E-state index in [4.69, 9.17) is 0 Å². The first-order valence-electron chi connectivity index (χ1n) is 8.81. The maximum Gasteiger partial charge on any atom is 0.231 e. The second-order valence-corrected chi connectivity index (χ2v) is 8.70. The van der Waals surface area contributed by atoms with Crippen molar-refractivity contribution >= 4 is 33.0 Å². The fourth-order valence-corrected chi connectivity index (χ4v) is 4.36. The number of hydrogen-bond acceptors (Lipinski definition) is 4. The molecule has 1 aliphatic heterocycles. The molecule has 0 aliphatic carbocycles. The molecule has 1 aliphatic rings. The Hall–Kier alpha value is -2.67. The van der Waals surface area contributed by atoms with E-state index in [1.54, 1.807) is 19.2 Å². The van der Waals surface area contributed by atoms with Crippen LogP contribution in [0.5, 0.6) is 0 Å². The molecule has 1 N–H and O–H groups in total. The van der Waals surface area contributed by atoms with Gasteiger partial charge in [-0.2, -0.15) is 0 Å². The third-order valence-corrected chi connectivity index (χ3v) is 6.42. The first-order chi connectivity index (χ1) is 12.8. The van der Waals surface area contributed by atoms with Crippen LogP contribution in [-0.2, 0) is 32.3 Å². The zero-order valence-electron chi connectivity index (χ0n) is 15.4. The van der Waals surface area contributed by atoms with Gasteiger partial charge in [0.05, 0.1) is 17.1 Å². The second-order valence-electron chi connectivity index (χ2n) is 6.59. The van der Waals surface area contributed by atoms with Crippen molar-refractivity contribution in [3.05, 3.63) is 53.6 Å². The lowest BCUT2D eigenvalue weighted by Gasteiger charge is -2.11. The van der Waals surface area contributed by atoms with Crippen molar-refractivity contribution in [1.29, 1.82) is 0 Å². The van der Waals surface area contributed by atoms with Crippen LogP contribution in [-0.4, -0.2) is 33.0 Å². The van der Waals surface area contributed by atoms with Crippen LogP contribution in [0.25, 0.3) is 0 Å². The Morgan fingerprint density at radius 2 is 1.96 bits per heavy atom. The van der Waals surface area contributed by atoms with Crippen LogP contribution in [0.1, 0.15) is 24.5 Å². The summed E-state index contributed by atoms with van der Waals surface area (Å²) in [5, 5.41) is 2.74. The number of nitrogens with one attached hydrogen (secondary N) is 1. The van der Waals surface area contributed by atoms with Gasteiger partial charge in [0.2, 0.25) is 11.8 Å². The van der Waals surface area contributed by atoms with Crippen LogP contribution in [0, 0.1) is 0 Å². The lowest BCUT2D eigenvalue weighted by Crippen LogP contribution is -2.20. The maximum atomic E-state index is 12.6. The minimum absolute atomic E-state index is 0.0618. The number of benzene rings is 2. The molecule has 0 saturated heterocycles. The van der Waals surface area contributed by atoms with Gasteiger partial charge in [0.15, 0.2) is 9.84 Å². The minimum Gasteiger partial charge on any atom is -0.326 e. The number of aryl methyl sites for hydroxylation is 1. The second kappa shape index (κ2) is 7.52. The molecular weight excluding hydrogens is 364 g/mol. The van der Waals surface area contributed by atoms with Gasteiger partial charge in [0.25, 0.3) is 0 Å². The Morgan fingerprint density at radius 3 is 2.70 bits per heavy atom. The molecule has 3 rings (SSSR count). The van der Waals surface area contributed by atoms with Crippen molar-refractivity contribution in [2.45, 2.75) is 31.1 Å². The van der Waals surface area contributed by atoms with Crippen molar-refractivity contribution < 1.29 is 18.0 Å². The number of nitrogens with zero attached hydrogens (tertiary/aromatic N) is 1. The fraction of sp³-hybridized carbons (Fsp3) is 0.300. The summed E-state index contributed by atoms with van der Waals surface area (Å²) in [5.41, 5.74) is 3.19. The zero-order chi connectivity index (χ0) is 19.6. The molecule has 0 radical (unpaired) electrons. The molecule has 7 heteroatoms. The number of amides is 2. The van der Waals surface area contributed by atoms with Crippen molar-refractivity contribution in [1.82, 2.24) is 0 Å². The zero-order valence-corrected chi connectivity index (χ0v) is 16.2. The number of sulfone groups is 1. The SMILES string of the molecule is CCc1cccc(NC(=O)CCS(=O)(=O)c2ccc3c(c2)CC(=O)N3C)c1. The summed E-state index contributed by atoms with van der Waals surface area (Å²) in [6.07, 6.45) is 0.923. The summed E-state index contributed by atoms with van der Waals surface area (Å²) in [7, 11) is -1.94. The monoisotopic (exact) mass is 386 g/mol. The fourth-order valence-electron chi connectivity index (χ4n) is 3.08. The number of carbonyl (C=O) groups excluding carboxylic acids is 2. The van der Waals surface area contributed by atoms with Gasteiger partial charge in [-0.15, -0.1) is 0 Å². The number of rotatable bonds is 6. The molecular formula is C20H22N2O4S. The molecule has 2 aromatic rings.